The molecule has 2 N–H and O–H groups in total. The van der Waals surface area contributed by atoms with Crippen molar-refractivity contribution < 1.29 is 4.39 Å². The molecule has 0 radical (unpaired) electrons. The van der Waals surface area contributed by atoms with E-state index in [1.807, 2.05) is 29.2 Å². The fourth-order valence-corrected chi connectivity index (χ4v) is 4.62. The van der Waals surface area contributed by atoms with Gasteiger partial charge in [-0.1, -0.05) is 18.2 Å². The van der Waals surface area contributed by atoms with Gasteiger partial charge in [-0.15, -0.1) is 0 Å². The molecule has 1 aromatic carbocycles. The highest BCUT2D eigenvalue weighted by molar-refractivity contribution is 5.94. The molecule has 1 atom stereocenters. The number of H-pyrrole nitrogens is 1. The maximum Gasteiger partial charge on any atom is 0.130 e. The van der Waals surface area contributed by atoms with E-state index in [2.05, 4.69) is 20.9 Å². The Morgan fingerprint density at radius 1 is 1.09 bits per heavy atom. The van der Waals surface area contributed by atoms with Gasteiger partial charge in [0, 0.05) is 19.6 Å². The molecule has 2 aliphatic heterocycles. The predicted molar refractivity (Wildman–Crippen MR) is 125 cm³/mol. The molecule has 0 saturated carbocycles. The Hall–Kier alpha value is -3.48. The average molecular weight is 431 g/mol. The molecule has 2 aromatic heterocycles. The highest BCUT2D eigenvalue weighted by atomic mass is 19.1. The van der Waals surface area contributed by atoms with Gasteiger partial charge < -0.3 is 14.8 Å². The van der Waals surface area contributed by atoms with E-state index in [1.54, 1.807) is 24.4 Å². The van der Waals surface area contributed by atoms with Crippen LogP contribution in [0.5, 0.6) is 0 Å². The molecule has 2 saturated heterocycles. The van der Waals surface area contributed by atoms with Crippen LogP contribution in [0.25, 0.3) is 17.5 Å². The van der Waals surface area contributed by atoms with E-state index in [9.17, 15) is 4.39 Å². The Balaban J connectivity index is 1.28. The molecular weight excluding hydrogens is 403 g/mol. The smallest absolute Gasteiger partial charge is 0.130 e. The average Bonchev–Trinajstić information content (AvgIpc) is 3.59. The number of benzene rings is 1. The largest absolute Gasteiger partial charge is 0.357 e. The first-order chi connectivity index (χ1) is 15.7. The summed E-state index contributed by atoms with van der Waals surface area (Å²) in [5.41, 5.74) is 2.64. The first kappa shape index (κ1) is 20.4. The number of hydrogen-bond acceptors (Lipinski definition) is 4. The van der Waals surface area contributed by atoms with Crippen LogP contribution in [0.3, 0.4) is 0 Å². The van der Waals surface area contributed by atoms with Gasteiger partial charge >= 0.3 is 0 Å². The number of imidazole rings is 1. The normalized spacial score (nSPS) is 18.7. The third-order valence-electron chi connectivity index (χ3n) is 6.23. The Bertz CT molecular complexity index is 1130. The van der Waals surface area contributed by atoms with E-state index in [-0.39, 0.29) is 11.9 Å². The van der Waals surface area contributed by atoms with Crippen LogP contribution in [-0.4, -0.2) is 45.3 Å². The molecule has 32 heavy (non-hydrogen) atoms. The van der Waals surface area contributed by atoms with E-state index >= 15 is 0 Å². The second-order valence-electron chi connectivity index (χ2n) is 8.38. The summed E-state index contributed by atoms with van der Waals surface area (Å²) in [6, 6.07) is 12.8. The van der Waals surface area contributed by atoms with Crippen LogP contribution >= 0.6 is 0 Å². The molecule has 3 aromatic rings. The number of anilines is 1. The summed E-state index contributed by atoms with van der Waals surface area (Å²) >= 11 is 0. The number of aromatic amines is 1. The zero-order chi connectivity index (χ0) is 21.9. The Morgan fingerprint density at radius 2 is 1.94 bits per heavy atom. The molecule has 164 valence electrons. The lowest BCUT2D eigenvalue weighted by Crippen LogP contribution is -2.28. The number of likely N-dealkylation sites (tertiary alicyclic amines) is 1. The van der Waals surface area contributed by atoms with Gasteiger partial charge in [-0.2, -0.15) is 0 Å². The van der Waals surface area contributed by atoms with Gasteiger partial charge in [0.2, 0.25) is 0 Å². The molecule has 2 fully saturated rings. The molecule has 5 rings (SSSR count). The standard InChI is InChI=1S/C25H27FN6/c26-19-7-3-6-18(16-19)22-9-5-15-32(22)23(27)11-12-24-28-17-21(29-24)20-8-4-10-25(30-20)31-13-1-2-14-31/h3-4,6-8,10-12,16-17,22,27H,1-2,5,9,13-15H2,(H,28,29)/b12-11-,27-23?. The fraction of sp³-hybridized carbons (Fsp3) is 0.320. The van der Waals surface area contributed by atoms with Crippen molar-refractivity contribution >= 4 is 17.7 Å². The summed E-state index contributed by atoms with van der Waals surface area (Å²) in [6.45, 7) is 2.91. The summed E-state index contributed by atoms with van der Waals surface area (Å²) in [5, 5.41) is 8.55. The number of amidine groups is 1. The third kappa shape index (κ3) is 4.28. The van der Waals surface area contributed by atoms with Crippen LogP contribution < -0.4 is 4.90 Å². The number of pyridine rings is 1. The summed E-state index contributed by atoms with van der Waals surface area (Å²) in [6.07, 6.45) is 9.70. The highest BCUT2D eigenvalue weighted by Gasteiger charge is 2.27. The van der Waals surface area contributed by atoms with Crippen molar-refractivity contribution in [2.45, 2.75) is 31.7 Å². The number of hydrogen-bond donors (Lipinski definition) is 2. The van der Waals surface area contributed by atoms with E-state index in [0.29, 0.717) is 11.7 Å². The maximum absolute atomic E-state index is 13.7. The van der Waals surface area contributed by atoms with E-state index < -0.39 is 0 Å². The van der Waals surface area contributed by atoms with Crippen molar-refractivity contribution in [1.82, 2.24) is 19.9 Å². The SMILES string of the molecule is N=C(/C=C\c1ncc(-c2cccc(N3CCCC3)n2)[nH]1)N1CCCC1c1cccc(F)c1. The Kier molecular flexibility index (Phi) is 5.71. The molecule has 2 aliphatic rings. The van der Waals surface area contributed by atoms with E-state index in [0.717, 1.165) is 55.2 Å². The molecule has 1 unspecified atom stereocenters. The third-order valence-corrected chi connectivity index (χ3v) is 6.23. The molecule has 0 aliphatic carbocycles. The van der Waals surface area contributed by atoms with Gasteiger partial charge in [0.1, 0.15) is 23.3 Å². The molecule has 6 nitrogen and oxygen atoms in total. The van der Waals surface area contributed by atoms with Crippen molar-refractivity contribution in [2.24, 2.45) is 0 Å². The molecule has 0 amide bonds. The second kappa shape index (κ2) is 8.94. The minimum absolute atomic E-state index is 0.0348. The van der Waals surface area contributed by atoms with Crippen LogP contribution in [0.4, 0.5) is 10.2 Å². The van der Waals surface area contributed by atoms with Crippen LogP contribution in [-0.2, 0) is 0 Å². The molecule has 0 spiro atoms. The molecule has 7 heteroatoms. The van der Waals surface area contributed by atoms with Gasteiger partial charge in [0.05, 0.1) is 23.6 Å². The van der Waals surface area contributed by atoms with Crippen molar-refractivity contribution in [3.63, 3.8) is 0 Å². The van der Waals surface area contributed by atoms with Crippen molar-refractivity contribution in [1.29, 1.82) is 5.41 Å². The van der Waals surface area contributed by atoms with Gasteiger partial charge in [-0.05, 0) is 67.7 Å². The number of nitrogens with zero attached hydrogens (tertiary/aromatic N) is 4. The topological polar surface area (TPSA) is 71.9 Å². The van der Waals surface area contributed by atoms with Gasteiger partial charge in [-0.25, -0.2) is 14.4 Å². The number of nitrogens with one attached hydrogen (secondary N) is 2. The first-order valence-electron chi connectivity index (χ1n) is 11.2. The minimum Gasteiger partial charge on any atom is -0.357 e. The number of halogens is 1. The summed E-state index contributed by atoms with van der Waals surface area (Å²) in [7, 11) is 0. The summed E-state index contributed by atoms with van der Waals surface area (Å²) < 4.78 is 13.7. The van der Waals surface area contributed by atoms with Crippen LogP contribution in [0.2, 0.25) is 0 Å². The number of aromatic nitrogens is 3. The number of rotatable bonds is 5. The Labute approximate surface area is 187 Å². The predicted octanol–water partition coefficient (Wildman–Crippen LogP) is 5.04. The van der Waals surface area contributed by atoms with Crippen molar-refractivity contribution in [2.75, 3.05) is 24.5 Å². The van der Waals surface area contributed by atoms with Crippen molar-refractivity contribution in [3.8, 4) is 11.4 Å². The highest BCUT2D eigenvalue weighted by Crippen LogP contribution is 2.32. The summed E-state index contributed by atoms with van der Waals surface area (Å²) in [5.74, 6) is 1.86. The quantitative estimate of drug-likeness (QED) is 0.439. The second-order valence-corrected chi connectivity index (χ2v) is 8.38. The minimum atomic E-state index is -0.234. The lowest BCUT2D eigenvalue weighted by molar-refractivity contribution is 0.399. The van der Waals surface area contributed by atoms with E-state index in [4.69, 9.17) is 10.4 Å². The molecule has 0 bridgehead atoms. The van der Waals surface area contributed by atoms with Gasteiger partial charge in [-0.3, -0.25) is 5.41 Å². The maximum atomic E-state index is 13.7. The monoisotopic (exact) mass is 430 g/mol. The molecule has 4 heterocycles. The zero-order valence-corrected chi connectivity index (χ0v) is 18.0. The van der Waals surface area contributed by atoms with Gasteiger partial charge in [0.25, 0.3) is 0 Å². The van der Waals surface area contributed by atoms with Crippen molar-refractivity contribution in [3.05, 3.63) is 71.9 Å². The summed E-state index contributed by atoms with van der Waals surface area (Å²) in [4.78, 5) is 16.9. The molecular formula is C25H27FN6. The van der Waals surface area contributed by atoms with Crippen LogP contribution in [0, 0.1) is 11.2 Å². The zero-order valence-electron chi connectivity index (χ0n) is 18.0. The lowest BCUT2D eigenvalue weighted by Gasteiger charge is -2.26. The lowest BCUT2D eigenvalue weighted by atomic mass is 10.0. The van der Waals surface area contributed by atoms with Crippen LogP contribution in [0.1, 0.15) is 43.1 Å². The van der Waals surface area contributed by atoms with Gasteiger partial charge in [0.15, 0.2) is 0 Å². The van der Waals surface area contributed by atoms with Crippen LogP contribution in [0.15, 0.2) is 54.7 Å². The first-order valence-corrected chi connectivity index (χ1v) is 11.2. The fourth-order valence-electron chi connectivity index (χ4n) is 4.62. The Morgan fingerprint density at radius 3 is 2.78 bits per heavy atom. The van der Waals surface area contributed by atoms with E-state index in [1.165, 1.54) is 18.9 Å².